The van der Waals surface area contributed by atoms with E-state index in [0.29, 0.717) is 28.3 Å². The second kappa shape index (κ2) is 13.2. The van der Waals surface area contributed by atoms with Crippen molar-refractivity contribution in [2.24, 2.45) is 5.73 Å². The molecule has 196 valence electrons. The maximum atomic E-state index is 13.4. The molecule has 0 aliphatic rings. The van der Waals surface area contributed by atoms with Gasteiger partial charge in [-0.25, -0.2) is 4.79 Å². The number of hydrogen-bond donors (Lipinski definition) is 6. The average Bonchev–Trinajstić information content (AvgIpc) is 2.92. The third kappa shape index (κ3) is 7.14. The first kappa shape index (κ1) is 27.3. The van der Waals surface area contributed by atoms with E-state index in [0.717, 1.165) is 0 Å². The Labute approximate surface area is 220 Å². The lowest BCUT2D eigenvalue weighted by molar-refractivity contribution is -0.121. The maximum absolute atomic E-state index is 13.4. The van der Waals surface area contributed by atoms with Gasteiger partial charge in [0.05, 0.1) is 11.3 Å². The molecule has 0 aliphatic heterocycles. The number of benzene rings is 3. The maximum Gasteiger partial charge on any atom is 0.337 e. The number of para-hydroxylation sites is 1. The fourth-order valence-corrected chi connectivity index (χ4v) is 3.43. The van der Waals surface area contributed by atoms with Crippen LogP contribution in [0.5, 0.6) is 11.5 Å². The van der Waals surface area contributed by atoms with Gasteiger partial charge in [-0.3, -0.25) is 21.1 Å². The van der Waals surface area contributed by atoms with Gasteiger partial charge in [0.2, 0.25) is 0 Å². The predicted octanol–water partition coefficient (Wildman–Crippen LogP) is 4.09. The summed E-state index contributed by atoms with van der Waals surface area (Å²) in [6.07, 6.45) is 3.20. The Morgan fingerprint density at radius 2 is 1.63 bits per heavy atom. The Kier molecular flexibility index (Phi) is 9.47. The van der Waals surface area contributed by atoms with Crippen LogP contribution in [-0.4, -0.2) is 36.0 Å². The minimum absolute atomic E-state index is 0.000891. The largest absolute Gasteiger partial charge is 0.486 e. The van der Waals surface area contributed by atoms with Gasteiger partial charge >= 0.3 is 5.97 Å². The van der Waals surface area contributed by atoms with E-state index in [-0.39, 0.29) is 30.3 Å². The van der Waals surface area contributed by atoms with Crippen molar-refractivity contribution in [3.05, 3.63) is 109 Å². The molecular weight excluding hydrogens is 486 g/mol. The van der Waals surface area contributed by atoms with Crippen LogP contribution >= 0.6 is 0 Å². The Morgan fingerprint density at radius 3 is 2.26 bits per heavy atom. The second-order valence-corrected chi connectivity index (χ2v) is 7.94. The number of amides is 1. The zero-order chi connectivity index (χ0) is 27.5. The standard InChI is InChI=1S/C28H29N5O5/c1-3-15-37-23-14-11-19(17-24(23)38-16-4-2)25(31-20-12-9-18(10-13-20)26(29)30)27(34)33-32-22-8-6-5-7-21(22)28(35)36/h3-14,17,25,31-32H,1-2,15-16H2,(H3,29,30)(H,33,34)(H,35,36). The molecule has 0 saturated heterocycles. The summed E-state index contributed by atoms with van der Waals surface area (Å²) in [5, 5.41) is 20.2. The van der Waals surface area contributed by atoms with Crippen molar-refractivity contribution in [1.82, 2.24) is 5.43 Å². The summed E-state index contributed by atoms with van der Waals surface area (Å²) in [5.41, 5.74) is 12.7. The van der Waals surface area contributed by atoms with Gasteiger partial charge in [0.25, 0.3) is 5.91 Å². The third-order valence-corrected chi connectivity index (χ3v) is 5.26. The van der Waals surface area contributed by atoms with Crippen LogP contribution in [0.15, 0.2) is 92.0 Å². The molecule has 0 fully saturated rings. The predicted molar refractivity (Wildman–Crippen MR) is 147 cm³/mol. The average molecular weight is 516 g/mol. The van der Waals surface area contributed by atoms with Gasteiger partial charge in [0, 0.05) is 11.3 Å². The number of carboxylic acid groups (broad SMARTS) is 1. The lowest BCUT2D eigenvalue weighted by Gasteiger charge is -2.22. The number of ether oxygens (including phenoxy) is 2. The number of amidine groups is 1. The SMILES string of the molecule is C=CCOc1ccc(C(Nc2ccc(C(=N)N)cc2)C(=O)NNc2ccccc2C(=O)O)cc1OCC=C. The summed E-state index contributed by atoms with van der Waals surface area (Å²) in [5.74, 6) is -0.850. The molecule has 3 rings (SSSR count). The highest BCUT2D eigenvalue weighted by Crippen LogP contribution is 2.32. The summed E-state index contributed by atoms with van der Waals surface area (Å²) < 4.78 is 11.4. The number of carboxylic acids is 1. The molecule has 0 aromatic heterocycles. The first-order valence-corrected chi connectivity index (χ1v) is 11.5. The number of nitrogens with two attached hydrogens (primary N) is 1. The summed E-state index contributed by atoms with van der Waals surface area (Å²) in [7, 11) is 0. The topological polar surface area (TPSA) is 159 Å². The molecule has 3 aromatic rings. The number of hydrazine groups is 1. The second-order valence-electron chi connectivity index (χ2n) is 7.94. The van der Waals surface area contributed by atoms with Crippen LogP contribution in [0.25, 0.3) is 0 Å². The van der Waals surface area contributed by atoms with Crippen molar-refractivity contribution < 1.29 is 24.2 Å². The van der Waals surface area contributed by atoms with Gasteiger partial charge < -0.3 is 25.6 Å². The van der Waals surface area contributed by atoms with Crippen molar-refractivity contribution >= 4 is 29.1 Å². The molecule has 0 spiro atoms. The van der Waals surface area contributed by atoms with Gasteiger partial charge in [-0.1, -0.05) is 43.5 Å². The minimum atomic E-state index is -1.14. The van der Waals surface area contributed by atoms with E-state index in [4.69, 9.17) is 20.6 Å². The number of hydrogen-bond acceptors (Lipinski definition) is 7. The normalized spacial score (nSPS) is 10.9. The van der Waals surface area contributed by atoms with Gasteiger partial charge in [-0.2, -0.15) is 0 Å². The van der Waals surface area contributed by atoms with Crippen molar-refractivity contribution in [2.45, 2.75) is 6.04 Å². The number of nitrogen functional groups attached to an aromatic ring is 1. The van der Waals surface area contributed by atoms with E-state index >= 15 is 0 Å². The molecule has 1 atom stereocenters. The van der Waals surface area contributed by atoms with E-state index in [9.17, 15) is 14.7 Å². The first-order valence-electron chi connectivity index (χ1n) is 11.5. The number of nitrogens with one attached hydrogen (secondary N) is 4. The molecule has 0 saturated carbocycles. The Balaban J connectivity index is 1.94. The first-order chi connectivity index (χ1) is 18.3. The van der Waals surface area contributed by atoms with Crippen LogP contribution in [0, 0.1) is 5.41 Å². The molecule has 0 bridgehead atoms. The van der Waals surface area contributed by atoms with Crippen LogP contribution in [0.3, 0.4) is 0 Å². The van der Waals surface area contributed by atoms with Crippen LogP contribution in [0.4, 0.5) is 11.4 Å². The summed E-state index contributed by atoms with van der Waals surface area (Å²) >= 11 is 0. The Bertz CT molecular complexity index is 1320. The fourth-order valence-electron chi connectivity index (χ4n) is 3.43. The molecule has 0 aliphatic carbocycles. The van der Waals surface area contributed by atoms with Crippen molar-refractivity contribution in [1.29, 1.82) is 5.41 Å². The summed E-state index contributed by atoms with van der Waals surface area (Å²) in [6.45, 7) is 7.81. The molecular formula is C28H29N5O5. The zero-order valence-corrected chi connectivity index (χ0v) is 20.6. The zero-order valence-electron chi connectivity index (χ0n) is 20.6. The van der Waals surface area contributed by atoms with E-state index in [1.165, 1.54) is 6.07 Å². The minimum Gasteiger partial charge on any atom is -0.486 e. The van der Waals surface area contributed by atoms with Gasteiger partial charge in [0.15, 0.2) is 11.5 Å². The van der Waals surface area contributed by atoms with Crippen LogP contribution in [-0.2, 0) is 4.79 Å². The van der Waals surface area contributed by atoms with Crippen LogP contribution in [0.2, 0.25) is 0 Å². The smallest absolute Gasteiger partial charge is 0.337 e. The third-order valence-electron chi connectivity index (χ3n) is 5.26. The molecule has 0 radical (unpaired) electrons. The molecule has 38 heavy (non-hydrogen) atoms. The van der Waals surface area contributed by atoms with Crippen molar-refractivity contribution in [3.63, 3.8) is 0 Å². The number of carbonyl (C=O) groups is 2. The number of rotatable bonds is 14. The van der Waals surface area contributed by atoms with Crippen LogP contribution < -0.4 is 31.4 Å². The highest BCUT2D eigenvalue weighted by molar-refractivity contribution is 5.96. The van der Waals surface area contributed by atoms with Gasteiger partial charge in [-0.15, -0.1) is 0 Å². The lowest BCUT2D eigenvalue weighted by atomic mass is 10.0. The summed E-state index contributed by atoms with van der Waals surface area (Å²) in [6, 6.07) is 17.0. The lowest BCUT2D eigenvalue weighted by Crippen LogP contribution is -2.37. The number of anilines is 2. The van der Waals surface area contributed by atoms with E-state index in [2.05, 4.69) is 29.3 Å². The molecule has 1 amide bonds. The molecule has 10 heteroatoms. The quantitative estimate of drug-likeness (QED) is 0.0810. The highest BCUT2D eigenvalue weighted by atomic mass is 16.5. The molecule has 0 heterocycles. The summed E-state index contributed by atoms with van der Waals surface area (Å²) in [4.78, 5) is 25.0. The molecule has 7 N–H and O–H groups in total. The van der Waals surface area contributed by atoms with Crippen molar-refractivity contribution in [2.75, 3.05) is 24.0 Å². The number of carbonyl (C=O) groups excluding carboxylic acids is 1. The van der Waals surface area contributed by atoms with E-state index < -0.39 is 17.9 Å². The van der Waals surface area contributed by atoms with Crippen molar-refractivity contribution in [3.8, 4) is 11.5 Å². The fraction of sp³-hybridized carbons (Fsp3) is 0.107. The highest BCUT2D eigenvalue weighted by Gasteiger charge is 2.23. The monoisotopic (exact) mass is 515 g/mol. The van der Waals surface area contributed by atoms with Gasteiger partial charge in [0.1, 0.15) is 25.1 Å². The van der Waals surface area contributed by atoms with E-state index in [1.807, 2.05) is 0 Å². The number of aromatic carboxylic acids is 1. The van der Waals surface area contributed by atoms with Crippen LogP contribution in [0.1, 0.15) is 27.5 Å². The molecule has 10 nitrogen and oxygen atoms in total. The van der Waals surface area contributed by atoms with Gasteiger partial charge in [-0.05, 0) is 54.1 Å². The Hall–Kier alpha value is -5.25. The molecule has 1 unspecified atom stereocenters. The Morgan fingerprint density at radius 1 is 0.974 bits per heavy atom. The van der Waals surface area contributed by atoms with E-state index in [1.54, 1.807) is 72.8 Å². The molecule has 3 aromatic carbocycles.